The molecule has 0 fully saturated rings. The third-order valence-electron chi connectivity index (χ3n) is 10.5. The maximum absolute atomic E-state index is 5.41. The van der Waals surface area contributed by atoms with Crippen molar-refractivity contribution in [2.75, 3.05) is 0 Å². The summed E-state index contributed by atoms with van der Waals surface area (Å²) in [5.41, 5.74) is 10.0. The molecule has 7 aromatic carbocycles. The van der Waals surface area contributed by atoms with E-state index in [2.05, 4.69) is 114 Å². The van der Waals surface area contributed by atoms with Gasteiger partial charge in [-0.3, -0.25) is 0 Å². The van der Waals surface area contributed by atoms with Gasteiger partial charge in [-0.1, -0.05) is 152 Å². The molecule has 0 unspecified atom stereocenters. The highest BCUT2D eigenvalue weighted by Gasteiger charge is 2.23. The van der Waals surface area contributed by atoms with E-state index in [1.54, 1.807) is 0 Å². The van der Waals surface area contributed by atoms with Gasteiger partial charge in [-0.2, -0.15) is 0 Å². The average Bonchev–Trinajstić information content (AvgIpc) is 3.84. The monoisotopic (exact) mass is 733 g/mol. The Morgan fingerprint density at radius 2 is 0.982 bits per heavy atom. The number of hydrogen-bond donors (Lipinski definition) is 0. The molecule has 4 aromatic heterocycles. The Hall–Kier alpha value is -7.28. The molecule has 262 valence electrons. The van der Waals surface area contributed by atoms with Crippen molar-refractivity contribution in [1.82, 2.24) is 24.5 Å². The van der Waals surface area contributed by atoms with Crippen LogP contribution in [0.2, 0.25) is 0 Å². The zero-order chi connectivity index (χ0) is 37.0. The Labute approximate surface area is 326 Å². The summed E-state index contributed by atoms with van der Waals surface area (Å²) in [6.07, 6.45) is 0. The number of thiophene rings is 1. The Kier molecular flexibility index (Phi) is 7.60. The Bertz CT molecular complexity index is 3170. The summed E-state index contributed by atoms with van der Waals surface area (Å²) in [5.74, 6) is 1.72. The predicted molar refractivity (Wildman–Crippen MR) is 232 cm³/mol. The lowest BCUT2D eigenvalue weighted by Crippen LogP contribution is -2.03. The van der Waals surface area contributed by atoms with Crippen LogP contribution in [0, 0.1) is 0 Å². The molecule has 0 saturated heterocycles. The summed E-state index contributed by atoms with van der Waals surface area (Å²) in [6, 6.07) is 65.4. The van der Waals surface area contributed by atoms with Crippen molar-refractivity contribution in [2.24, 2.45) is 0 Å². The number of nitrogens with zero attached hydrogens (tertiary/aromatic N) is 5. The van der Waals surface area contributed by atoms with Gasteiger partial charge in [0.05, 0.1) is 21.4 Å². The van der Waals surface area contributed by atoms with Crippen LogP contribution in [0.15, 0.2) is 188 Å². The fourth-order valence-corrected chi connectivity index (χ4v) is 9.20. The van der Waals surface area contributed by atoms with Gasteiger partial charge in [-0.15, -0.1) is 11.3 Å². The minimum absolute atomic E-state index is 0.522. The molecular weight excluding hydrogens is 703 g/mol. The van der Waals surface area contributed by atoms with Crippen LogP contribution in [0.1, 0.15) is 0 Å². The van der Waals surface area contributed by atoms with E-state index in [-0.39, 0.29) is 0 Å². The van der Waals surface area contributed by atoms with Gasteiger partial charge in [0.25, 0.3) is 0 Å². The first kappa shape index (κ1) is 32.2. The highest BCUT2D eigenvalue weighted by atomic mass is 32.1. The maximum atomic E-state index is 5.41. The summed E-state index contributed by atoms with van der Waals surface area (Å²) >= 11 is 1.84. The molecule has 11 rings (SSSR count). The molecular formula is C50H31N5S. The second-order valence-corrected chi connectivity index (χ2v) is 14.9. The molecule has 6 heteroatoms. The molecule has 0 atom stereocenters. The lowest BCUT2D eigenvalue weighted by Gasteiger charge is -2.14. The molecule has 0 spiro atoms. The van der Waals surface area contributed by atoms with Crippen molar-refractivity contribution in [3.8, 4) is 62.4 Å². The number of pyridine rings is 1. The van der Waals surface area contributed by atoms with Gasteiger partial charge in [-0.05, 0) is 42.0 Å². The van der Waals surface area contributed by atoms with E-state index in [9.17, 15) is 0 Å². The number of benzene rings is 7. The van der Waals surface area contributed by atoms with E-state index < -0.39 is 0 Å². The van der Waals surface area contributed by atoms with E-state index in [0.29, 0.717) is 23.2 Å². The van der Waals surface area contributed by atoms with Crippen LogP contribution in [0.4, 0.5) is 0 Å². The number of hydrogen-bond acceptors (Lipinski definition) is 5. The number of rotatable bonds is 6. The Morgan fingerprint density at radius 3 is 1.68 bits per heavy atom. The molecule has 0 bridgehead atoms. The van der Waals surface area contributed by atoms with E-state index >= 15 is 0 Å². The van der Waals surface area contributed by atoms with Crippen LogP contribution >= 0.6 is 11.3 Å². The van der Waals surface area contributed by atoms with Gasteiger partial charge in [-0.25, -0.2) is 19.9 Å². The van der Waals surface area contributed by atoms with Gasteiger partial charge >= 0.3 is 0 Å². The maximum Gasteiger partial charge on any atom is 0.183 e. The van der Waals surface area contributed by atoms with Crippen LogP contribution < -0.4 is 0 Å². The van der Waals surface area contributed by atoms with Crippen LogP contribution in [-0.4, -0.2) is 24.5 Å². The van der Waals surface area contributed by atoms with Crippen LogP contribution in [0.25, 0.3) is 104 Å². The average molecular weight is 734 g/mol. The van der Waals surface area contributed by atoms with Gasteiger partial charge in [0.2, 0.25) is 0 Å². The summed E-state index contributed by atoms with van der Waals surface area (Å²) in [6.45, 7) is 0. The van der Waals surface area contributed by atoms with Crippen molar-refractivity contribution in [3.05, 3.63) is 188 Å². The van der Waals surface area contributed by atoms with Gasteiger partial charge in [0.15, 0.2) is 17.5 Å². The first-order chi connectivity index (χ1) is 27.8. The molecule has 4 heterocycles. The third-order valence-corrected chi connectivity index (χ3v) is 11.7. The molecule has 5 nitrogen and oxygen atoms in total. The Balaban J connectivity index is 1.21. The van der Waals surface area contributed by atoms with Crippen molar-refractivity contribution < 1.29 is 0 Å². The summed E-state index contributed by atoms with van der Waals surface area (Å²) in [5, 5.41) is 4.88. The van der Waals surface area contributed by atoms with Gasteiger partial charge < -0.3 is 4.57 Å². The third kappa shape index (κ3) is 5.30. The second-order valence-electron chi connectivity index (χ2n) is 13.8. The molecule has 0 aliphatic carbocycles. The first-order valence-electron chi connectivity index (χ1n) is 18.7. The highest BCUT2D eigenvalue weighted by Crippen LogP contribution is 2.47. The molecule has 0 aliphatic rings. The topological polar surface area (TPSA) is 56.5 Å². The fraction of sp³-hybridized carbons (Fsp3) is 0. The highest BCUT2D eigenvalue weighted by molar-refractivity contribution is 7.26. The molecule has 0 aliphatic heterocycles. The smallest absolute Gasteiger partial charge is 0.183 e. The SMILES string of the molecule is c1ccc(-c2ccc(-c3cccc4sc5c(ccc6c7ccccc7n(-c7ccccc7)c65)c34)c(-c3nc(-c4ccccc4)nc(-c4ccccc4)n3)n2)cc1. The van der Waals surface area contributed by atoms with Crippen LogP contribution in [0.3, 0.4) is 0 Å². The normalized spacial score (nSPS) is 11.6. The molecule has 11 aromatic rings. The minimum Gasteiger partial charge on any atom is -0.308 e. The summed E-state index contributed by atoms with van der Waals surface area (Å²) in [7, 11) is 0. The van der Waals surface area contributed by atoms with Crippen molar-refractivity contribution in [3.63, 3.8) is 0 Å². The molecule has 0 saturated carbocycles. The largest absolute Gasteiger partial charge is 0.308 e. The first-order valence-corrected chi connectivity index (χ1v) is 19.5. The summed E-state index contributed by atoms with van der Waals surface area (Å²) in [4.78, 5) is 20.8. The predicted octanol–water partition coefficient (Wildman–Crippen LogP) is 13.1. The zero-order valence-corrected chi connectivity index (χ0v) is 30.9. The van der Waals surface area contributed by atoms with Gasteiger partial charge in [0, 0.05) is 54.2 Å². The molecule has 0 N–H and O–H groups in total. The lowest BCUT2D eigenvalue weighted by atomic mass is 9.96. The van der Waals surface area contributed by atoms with E-state index in [1.807, 2.05) is 90.2 Å². The minimum atomic E-state index is 0.522. The summed E-state index contributed by atoms with van der Waals surface area (Å²) < 4.78 is 4.88. The van der Waals surface area contributed by atoms with E-state index in [4.69, 9.17) is 19.9 Å². The standard InChI is InChI=1S/C50H31N5S/c1-5-16-32(17-6-1)41-31-30-38(45(51-41)50-53-48(33-18-7-2-8-19-33)52-49(54-50)34-20-9-3-10-21-34)37-25-15-27-43-44(37)40-29-28-39-36-24-13-14-26-42(36)55(46(39)47(40)56-43)35-22-11-4-12-23-35/h1-31H. The fourth-order valence-electron chi connectivity index (χ4n) is 7.93. The van der Waals surface area contributed by atoms with E-state index in [0.717, 1.165) is 39.2 Å². The zero-order valence-electron chi connectivity index (χ0n) is 30.0. The van der Waals surface area contributed by atoms with Crippen LogP contribution in [-0.2, 0) is 0 Å². The van der Waals surface area contributed by atoms with Crippen LogP contribution in [0.5, 0.6) is 0 Å². The van der Waals surface area contributed by atoms with Crippen molar-refractivity contribution >= 4 is 53.3 Å². The quantitative estimate of drug-likeness (QED) is 0.171. The van der Waals surface area contributed by atoms with Crippen molar-refractivity contribution in [1.29, 1.82) is 0 Å². The molecule has 56 heavy (non-hydrogen) atoms. The number of aromatic nitrogens is 5. The molecule has 0 amide bonds. The number of para-hydroxylation sites is 2. The lowest BCUT2D eigenvalue weighted by molar-refractivity contribution is 1.06. The molecule has 0 radical (unpaired) electrons. The number of fused-ring (bicyclic) bond motifs is 7. The van der Waals surface area contributed by atoms with Gasteiger partial charge in [0.1, 0.15) is 5.69 Å². The van der Waals surface area contributed by atoms with Crippen molar-refractivity contribution in [2.45, 2.75) is 0 Å². The Morgan fingerprint density at radius 1 is 0.393 bits per heavy atom. The second kappa shape index (κ2) is 13.2. The van der Waals surface area contributed by atoms with E-state index in [1.165, 1.54) is 42.0 Å².